The van der Waals surface area contributed by atoms with E-state index in [0.29, 0.717) is 28.4 Å². The molecule has 0 spiro atoms. The summed E-state index contributed by atoms with van der Waals surface area (Å²) in [7, 11) is 0. The molecule has 0 unspecified atom stereocenters. The fraction of sp³-hybridized carbons (Fsp3) is 0.250. The fourth-order valence-corrected chi connectivity index (χ4v) is 6.53. The van der Waals surface area contributed by atoms with Crippen molar-refractivity contribution in [3.63, 3.8) is 0 Å². The first-order valence-corrected chi connectivity index (χ1v) is 17.3. The summed E-state index contributed by atoms with van der Waals surface area (Å²) in [6, 6.07) is 33.7. The van der Waals surface area contributed by atoms with Gasteiger partial charge in [-0.25, -0.2) is 0 Å². The van der Waals surface area contributed by atoms with Crippen LogP contribution in [-0.2, 0) is 26.3 Å². The topological polar surface area (TPSA) is 80.9 Å². The van der Waals surface area contributed by atoms with Crippen molar-refractivity contribution in [1.29, 1.82) is 0 Å². The summed E-state index contributed by atoms with van der Waals surface area (Å²) in [4.78, 5) is 13.7. The van der Waals surface area contributed by atoms with Gasteiger partial charge in [0.2, 0.25) is 0 Å². The molecule has 1 atom stereocenters. The van der Waals surface area contributed by atoms with Crippen LogP contribution < -0.4 is 14.2 Å². The predicted octanol–water partition coefficient (Wildman–Crippen LogP) is 9.24. The smallest absolute Gasteiger partial charge is 0.387 e. The molecule has 7 nitrogen and oxygen atoms in total. The number of benzene rings is 4. The van der Waals surface area contributed by atoms with Gasteiger partial charge in [-0.05, 0) is 53.1 Å². The van der Waals surface area contributed by atoms with E-state index in [0.717, 1.165) is 41.9 Å². The molecule has 6 rings (SSSR count). The predicted molar refractivity (Wildman–Crippen MR) is 189 cm³/mol. The van der Waals surface area contributed by atoms with E-state index in [1.54, 1.807) is 0 Å². The van der Waals surface area contributed by atoms with E-state index >= 15 is 0 Å². The van der Waals surface area contributed by atoms with Gasteiger partial charge in [-0.2, -0.15) is 13.5 Å². The van der Waals surface area contributed by atoms with Crippen LogP contribution >= 0.6 is 23.2 Å². The molecule has 0 aliphatic heterocycles. The number of ether oxygens (including phenoxy) is 4. The van der Waals surface area contributed by atoms with Crippen molar-refractivity contribution in [3.8, 4) is 11.5 Å². The second-order valence-corrected chi connectivity index (χ2v) is 13.0. The van der Waals surface area contributed by atoms with Crippen molar-refractivity contribution >= 4 is 29.2 Å². The van der Waals surface area contributed by atoms with Gasteiger partial charge < -0.3 is 24.2 Å². The minimum absolute atomic E-state index is 0.0236. The van der Waals surface area contributed by atoms with Crippen LogP contribution in [0.15, 0.2) is 122 Å². The standard InChI is InChI=1S/C40H35Cl2F2NO6/c41-33-24-45(47)25-34(42)32(33)23-36(28-18-19-35(51-39(43)44)37(22-28)48-26-27-16-17-27)50-38(46)20-21-49-40(29-10-4-1-5-11-29,30-12-6-2-7-13-30)31-14-8-3-9-15-31/h1-15,18-19,22,24-25,27,36,39H,16-17,20-21,23,26H2/t36-/m0/s1. The number of halogens is 4. The zero-order valence-electron chi connectivity index (χ0n) is 27.4. The Morgan fingerprint density at radius 2 is 1.37 bits per heavy atom. The first-order valence-electron chi connectivity index (χ1n) is 16.5. The molecule has 1 aliphatic carbocycles. The largest absolute Gasteiger partial charge is 0.619 e. The van der Waals surface area contributed by atoms with Crippen LogP contribution in [0.25, 0.3) is 0 Å². The number of carbonyl (C=O) groups excluding carboxylic acids is 1. The van der Waals surface area contributed by atoms with Gasteiger partial charge >= 0.3 is 12.6 Å². The highest BCUT2D eigenvalue weighted by molar-refractivity contribution is 6.35. The van der Waals surface area contributed by atoms with Crippen molar-refractivity contribution in [2.24, 2.45) is 5.92 Å². The third-order valence-corrected chi connectivity index (χ3v) is 9.27. The Morgan fingerprint density at radius 1 is 0.824 bits per heavy atom. The average Bonchev–Trinajstić information content (AvgIpc) is 3.96. The van der Waals surface area contributed by atoms with Gasteiger partial charge in [-0.3, -0.25) is 4.79 Å². The first-order chi connectivity index (χ1) is 24.7. The molecule has 1 aliphatic rings. The molecule has 0 bridgehead atoms. The number of aromatic nitrogens is 1. The molecule has 264 valence electrons. The molecule has 1 fully saturated rings. The molecule has 0 amide bonds. The monoisotopic (exact) mass is 733 g/mol. The Balaban J connectivity index is 1.28. The van der Waals surface area contributed by atoms with Crippen LogP contribution in [0, 0.1) is 11.1 Å². The molecule has 51 heavy (non-hydrogen) atoms. The van der Waals surface area contributed by atoms with Gasteiger partial charge in [0.1, 0.15) is 21.8 Å². The first kappa shape index (κ1) is 36.1. The van der Waals surface area contributed by atoms with Gasteiger partial charge in [0.25, 0.3) is 0 Å². The Bertz CT molecular complexity index is 1790. The number of nitrogens with zero attached hydrogens (tertiary/aromatic N) is 1. The Morgan fingerprint density at radius 3 is 1.88 bits per heavy atom. The molecule has 0 N–H and O–H groups in total. The summed E-state index contributed by atoms with van der Waals surface area (Å²) in [5, 5.41) is 12.1. The molecule has 11 heteroatoms. The summed E-state index contributed by atoms with van der Waals surface area (Å²) in [6.45, 7) is -2.76. The Labute approximate surface area is 304 Å². The van der Waals surface area contributed by atoms with Gasteiger partial charge in [-0.15, -0.1) is 0 Å². The quantitative estimate of drug-likeness (QED) is 0.0435. The van der Waals surface area contributed by atoms with Crippen molar-refractivity contribution in [1.82, 2.24) is 0 Å². The lowest BCUT2D eigenvalue weighted by Gasteiger charge is -2.36. The normalized spacial score (nSPS) is 13.5. The van der Waals surface area contributed by atoms with Crippen molar-refractivity contribution < 1.29 is 37.3 Å². The van der Waals surface area contributed by atoms with E-state index in [9.17, 15) is 18.8 Å². The van der Waals surface area contributed by atoms with Gasteiger partial charge in [-0.1, -0.05) is 120 Å². The zero-order valence-corrected chi connectivity index (χ0v) is 28.9. The van der Waals surface area contributed by atoms with Crippen LogP contribution in [0.1, 0.15) is 53.2 Å². The Kier molecular flexibility index (Phi) is 11.7. The molecular weight excluding hydrogens is 699 g/mol. The van der Waals surface area contributed by atoms with Gasteiger partial charge in [0, 0.05) is 12.0 Å². The number of hydrogen-bond donors (Lipinski definition) is 0. The van der Waals surface area contributed by atoms with Crippen LogP contribution in [0.3, 0.4) is 0 Å². The molecule has 1 saturated carbocycles. The van der Waals surface area contributed by atoms with Crippen LogP contribution in [0.4, 0.5) is 8.78 Å². The average molecular weight is 735 g/mol. The maximum absolute atomic E-state index is 13.7. The second-order valence-electron chi connectivity index (χ2n) is 12.2. The summed E-state index contributed by atoms with van der Waals surface area (Å²) in [6.07, 6.45) is 3.10. The van der Waals surface area contributed by atoms with E-state index in [1.165, 1.54) is 18.2 Å². The van der Waals surface area contributed by atoms with E-state index in [1.807, 2.05) is 91.0 Å². The molecule has 4 aromatic carbocycles. The zero-order chi connectivity index (χ0) is 35.8. The number of esters is 1. The number of alkyl halides is 2. The number of hydrogen-bond acceptors (Lipinski definition) is 6. The summed E-state index contributed by atoms with van der Waals surface area (Å²) in [5.41, 5.74) is 2.38. The van der Waals surface area contributed by atoms with Gasteiger partial charge in [0.05, 0.1) is 19.6 Å². The maximum atomic E-state index is 13.7. The highest BCUT2D eigenvalue weighted by atomic mass is 35.5. The van der Waals surface area contributed by atoms with Crippen LogP contribution in [0.2, 0.25) is 10.0 Å². The lowest BCUT2D eigenvalue weighted by atomic mass is 9.80. The number of rotatable bonds is 16. The number of carbonyl (C=O) groups is 1. The van der Waals surface area contributed by atoms with E-state index in [2.05, 4.69) is 0 Å². The van der Waals surface area contributed by atoms with Crippen molar-refractivity contribution in [3.05, 3.63) is 165 Å². The highest BCUT2D eigenvalue weighted by Gasteiger charge is 2.38. The molecular formula is C40H35Cl2F2NO6. The summed E-state index contributed by atoms with van der Waals surface area (Å²) < 4.78 is 50.4. The maximum Gasteiger partial charge on any atom is 0.387 e. The number of pyridine rings is 1. The summed E-state index contributed by atoms with van der Waals surface area (Å²) in [5.74, 6) is -0.323. The Hall–Kier alpha value is -4.70. The van der Waals surface area contributed by atoms with Crippen molar-refractivity contribution in [2.75, 3.05) is 13.2 Å². The van der Waals surface area contributed by atoms with Gasteiger partial charge in [0.15, 0.2) is 23.9 Å². The SMILES string of the molecule is O=C(CCOC(c1ccccc1)(c1ccccc1)c1ccccc1)O[C@@H](Cc1c(Cl)c[n+]([O-])cc1Cl)c1ccc(OC(F)F)c(OCC2CC2)c1. The minimum atomic E-state index is -3.07. The summed E-state index contributed by atoms with van der Waals surface area (Å²) >= 11 is 12.8. The van der Waals surface area contributed by atoms with E-state index in [-0.39, 0.29) is 41.0 Å². The fourth-order valence-electron chi connectivity index (χ4n) is 5.94. The highest BCUT2D eigenvalue weighted by Crippen LogP contribution is 2.41. The molecule has 0 radical (unpaired) electrons. The van der Waals surface area contributed by atoms with Crippen LogP contribution in [0.5, 0.6) is 11.5 Å². The second kappa shape index (κ2) is 16.5. The molecule has 0 saturated heterocycles. The van der Waals surface area contributed by atoms with E-state index < -0.39 is 24.3 Å². The lowest BCUT2D eigenvalue weighted by molar-refractivity contribution is -0.605. The van der Waals surface area contributed by atoms with E-state index in [4.69, 9.17) is 42.1 Å². The third kappa shape index (κ3) is 8.97. The lowest BCUT2D eigenvalue weighted by Crippen LogP contribution is -2.34. The molecule has 1 aromatic heterocycles. The van der Waals surface area contributed by atoms with Crippen molar-refractivity contribution in [2.45, 2.75) is 44.0 Å². The van der Waals surface area contributed by atoms with Crippen LogP contribution in [-0.4, -0.2) is 25.8 Å². The third-order valence-electron chi connectivity index (χ3n) is 8.61. The molecule has 1 heterocycles. The molecule has 5 aromatic rings. The minimum Gasteiger partial charge on any atom is -0.619 e.